The SMILES string of the molecule is CN(C)CCCNC(=O)C(CC(=O)O)SC(CF)C(F)(F)C(F)(F)C(F)(F)C(F)(F)C(F)(F)C(F)(F)C(F)(F)C(F)(F)C(F)(F)C(F)(F)F. The summed E-state index contributed by atoms with van der Waals surface area (Å²) in [5, 5.41) is 3.46. The van der Waals surface area contributed by atoms with Crippen LogP contribution < -0.4 is 5.32 Å². The van der Waals surface area contributed by atoms with E-state index in [-0.39, 0.29) is 13.0 Å². The van der Waals surface area contributed by atoms with E-state index in [2.05, 4.69) is 0 Å². The number of alkyl halides is 22. The Morgan fingerprint density at radius 1 is 0.633 bits per heavy atom. The number of hydrogen-bond acceptors (Lipinski definition) is 4. The average molecular weight is 798 g/mol. The van der Waals surface area contributed by atoms with Crippen LogP contribution in [0.15, 0.2) is 0 Å². The van der Waals surface area contributed by atoms with Crippen LogP contribution in [0.5, 0.6) is 0 Å². The van der Waals surface area contributed by atoms with Crippen LogP contribution in [-0.2, 0) is 9.59 Å². The van der Waals surface area contributed by atoms with Crippen molar-refractivity contribution in [3.63, 3.8) is 0 Å². The van der Waals surface area contributed by atoms with Crippen molar-refractivity contribution >= 4 is 23.6 Å². The molecule has 0 rings (SSSR count). The minimum Gasteiger partial charge on any atom is -0.481 e. The highest BCUT2D eigenvalue weighted by Gasteiger charge is 2.98. The monoisotopic (exact) mass is 798 g/mol. The number of carboxylic acids is 1. The lowest BCUT2D eigenvalue weighted by molar-refractivity contribution is -0.474. The fraction of sp³-hybridized carbons (Fsp3) is 0.905. The zero-order valence-corrected chi connectivity index (χ0v) is 24.4. The topological polar surface area (TPSA) is 69.6 Å². The smallest absolute Gasteiger partial charge is 0.460 e. The Morgan fingerprint density at radius 3 is 1.29 bits per heavy atom. The molecule has 28 heteroatoms. The van der Waals surface area contributed by atoms with Gasteiger partial charge in [0.25, 0.3) is 0 Å². The highest BCUT2D eigenvalue weighted by atomic mass is 32.2. The molecule has 0 aromatic rings. The molecule has 2 atom stereocenters. The molecule has 0 bridgehead atoms. The number of carboxylic acid groups (broad SMARTS) is 1. The van der Waals surface area contributed by atoms with Crippen LogP contribution >= 0.6 is 11.8 Å². The highest BCUT2D eigenvalue weighted by Crippen LogP contribution is 2.66. The van der Waals surface area contributed by atoms with Crippen molar-refractivity contribution in [1.82, 2.24) is 10.2 Å². The second-order valence-electron chi connectivity index (χ2n) is 10.0. The van der Waals surface area contributed by atoms with Gasteiger partial charge in [0.15, 0.2) is 0 Å². The zero-order chi connectivity index (χ0) is 39.8. The second-order valence-corrected chi connectivity index (χ2v) is 11.4. The van der Waals surface area contributed by atoms with Gasteiger partial charge < -0.3 is 15.3 Å². The lowest BCUT2D eigenvalue weighted by atomic mass is 9.86. The molecule has 0 aromatic heterocycles. The Balaban J connectivity index is 6.97. The lowest BCUT2D eigenvalue weighted by Crippen LogP contribution is -2.77. The Bertz CT molecular complexity index is 1160. The van der Waals surface area contributed by atoms with Crippen LogP contribution in [0.1, 0.15) is 12.8 Å². The summed E-state index contributed by atoms with van der Waals surface area (Å²) in [6.45, 7) is -3.54. The number of carbonyl (C=O) groups is 2. The first kappa shape index (κ1) is 46.7. The molecule has 0 saturated carbocycles. The van der Waals surface area contributed by atoms with Crippen LogP contribution in [0.2, 0.25) is 0 Å². The van der Waals surface area contributed by atoms with Crippen LogP contribution in [0.4, 0.5) is 96.6 Å². The molecule has 0 heterocycles. The lowest BCUT2D eigenvalue weighted by Gasteiger charge is -2.45. The molecule has 0 aliphatic rings. The highest BCUT2D eigenvalue weighted by molar-refractivity contribution is 8.01. The van der Waals surface area contributed by atoms with Crippen molar-refractivity contribution in [3.8, 4) is 0 Å². The maximum atomic E-state index is 14.6. The largest absolute Gasteiger partial charge is 0.481 e. The quantitative estimate of drug-likeness (QED) is 0.107. The molecule has 0 saturated heterocycles. The number of rotatable bonds is 19. The van der Waals surface area contributed by atoms with Crippen molar-refractivity contribution in [2.75, 3.05) is 33.9 Å². The maximum Gasteiger partial charge on any atom is 0.460 e. The molecule has 0 aliphatic heterocycles. The first-order chi connectivity index (χ1) is 21.3. The molecule has 292 valence electrons. The molecule has 0 fully saturated rings. The Morgan fingerprint density at radius 2 is 0.980 bits per heavy atom. The Kier molecular flexibility index (Phi) is 13.7. The van der Waals surface area contributed by atoms with E-state index in [0.29, 0.717) is 0 Å². The Labute approximate surface area is 262 Å². The maximum absolute atomic E-state index is 14.6. The van der Waals surface area contributed by atoms with Crippen molar-refractivity contribution in [2.45, 2.75) is 82.8 Å². The van der Waals surface area contributed by atoms with Crippen molar-refractivity contribution < 1.29 is 111 Å². The normalized spacial score (nSPS) is 16.5. The zero-order valence-electron chi connectivity index (χ0n) is 23.6. The Hall–Kier alpha value is -2.29. The summed E-state index contributed by atoms with van der Waals surface area (Å²) in [5.41, 5.74) is 0. The molecule has 0 radical (unpaired) electrons. The van der Waals surface area contributed by atoms with Gasteiger partial charge in [0, 0.05) is 6.54 Å². The fourth-order valence-electron chi connectivity index (χ4n) is 3.27. The van der Waals surface area contributed by atoms with Crippen LogP contribution in [-0.4, -0.2) is 126 Å². The number of nitrogens with zero attached hydrogens (tertiary/aromatic N) is 1. The van der Waals surface area contributed by atoms with Gasteiger partial charge in [0.1, 0.15) is 11.9 Å². The second kappa shape index (κ2) is 14.4. The van der Waals surface area contributed by atoms with Gasteiger partial charge in [-0.25, -0.2) is 4.39 Å². The number of aliphatic carboxylic acids is 1. The number of halogens is 22. The number of hydrogen-bond donors (Lipinski definition) is 2. The molecular weight excluding hydrogens is 778 g/mol. The number of thioether (sulfide) groups is 1. The van der Waals surface area contributed by atoms with Gasteiger partial charge >= 0.3 is 65.4 Å². The summed E-state index contributed by atoms with van der Waals surface area (Å²) in [7, 11) is 2.95. The van der Waals surface area contributed by atoms with Crippen molar-refractivity contribution in [3.05, 3.63) is 0 Å². The predicted molar refractivity (Wildman–Crippen MR) is 120 cm³/mol. The molecular formula is C21H20F22N2O3S. The van der Waals surface area contributed by atoms with Crippen LogP contribution in [0.25, 0.3) is 0 Å². The molecule has 0 spiro atoms. The first-order valence-electron chi connectivity index (χ1n) is 12.2. The van der Waals surface area contributed by atoms with E-state index in [4.69, 9.17) is 5.11 Å². The summed E-state index contributed by atoms with van der Waals surface area (Å²) >= 11 is -1.35. The third-order valence-electron chi connectivity index (χ3n) is 6.14. The summed E-state index contributed by atoms with van der Waals surface area (Å²) in [6, 6.07) is 0. The summed E-state index contributed by atoms with van der Waals surface area (Å²) in [4.78, 5) is 24.6. The predicted octanol–water partition coefficient (Wildman–Crippen LogP) is 7.25. The average Bonchev–Trinajstić information content (AvgIpc) is 2.91. The van der Waals surface area contributed by atoms with E-state index >= 15 is 0 Å². The molecule has 2 N–H and O–H groups in total. The molecule has 1 amide bonds. The van der Waals surface area contributed by atoms with E-state index in [1.54, 1.807) is 5.32 Å². The molecule has 0 aliphatic carbocycles. The summed E-state index contributed by atoms with van der Waals surface area (Å²) in [5.74, 6) is -83.5. The van der Waals surface area contributed by atoms with Crippen molar-refractivity contribution in [1.29, 1.82) is 0 Å². The van der Waals surface area contributed by atoms with Gasteiger partial charge in [-0.1, -0.05) is 0 Å². The molecule has 0 aromatic carbocycles. The van der Waals surface area contributed by atoms with Crippen LogP contribution in [0, 0.1) is 0 Å². The summed E-state index contributed by atoms with van der Waals surface area (Å²) < 4.78 is 300. The van der Waals surface area contributed by atoms with Gasteiger partial charge in [-0.3, -0.25) is 9.59 Å². The van der Waals surface area contributed by atoms with E-state index < -0.39 is 113 Å². The number of nitrogens with one attached hydrogen (secondary N) is 1. The number of carbonyl (C=O) groups excluding carboxylic acids is 1. The molecule has 49 heavy (non-hydrogen) atoms. The molecule has 2 unspecified atom stereocenters. The standard InChI is InChI=1S/C21H20F22N2O3S/c1-45(2)5-3-4-44-11(48)8(6-10(46)47)49-9(7-22)12(23,24)13(25,26)14(27,28)15(29,30)16(31,32)17(33,34)18(35,36)19(37,38)20(39,40)21(41,42)43/h8-9H,3-7H2,1-2H3,(H,44,48)(H,46,47). The third-order valence-corrected chi connectivity index (χ3v) is 7.60. The minimum absolute atomic E-state index is 0.0249. The van der Waals surface area contributed by atoms with Gasteiger partial charge in [-0.15, -0.1) is 11.8 Å². The number of amides is 1. The van der Waals surface area contributed by atoms with Gasteiger partial charge in [-0.05, 0) is 27.1 Å². The summed E-state index contributed by atoms with van der Waals surface area (Å²) in [6.07, 6.45) is -9.90. The third kappa shape index (κ3) is 7.82. The first-order valence-corrected chi connectivity index (χ1v) is 13.1. The van der Waals surface area contributed by atoms with Gasteiger partial charge in [0.05, 0.1) is 11.7 Å². The van der Waals surface area contributed by atoms with E-state index in [0.717, 1.165) is 0 Å². The van der Waals surface area contributed by atoms with Crippen molar-refractivity contribution in [2.24, 2.45) is 0 Å². The molecule has 5 nitrogen and oxygen atoms in total. The van der Waals surface area contributed by atoms with E-state index in [1.165, 1.54) is 19.0 Å². The van der Waals surface area contributed by atoms with E-state index in [1.807, 2.05) is 0 Å². The fourth-order valence-corrected chi connectivity index (χ4v) is 4.51. The van der Waals surface area contributed by atoms with E-state index in [9.17, 15) is 106 Å². The van der Waals surface area contributed by atoms with Crippen LogP contribution in [0.3, 0.4) is 0 Å². The van der Waals surface area contributed by atoms with Gasteiger partial charge in [0.2, 0.25) is 5.91 Å². The van der Waals surface area contributed by atoms with Gasteiger partial charge in [-0.2, -0.15) is 92.2 Å². The minimum atomic E-state index is -9.37.